The van der Waals surface area contributed by atoms with Gasteiger partial charge in [0.2, 0.25) is 5.91 Å². The van der Waals surface area contributed by atoms with Crippen molar-refractivity contribution in [1.29, 1.82) is 0 Å². The molecule has 1 aromatic carbocycles. The van der Waals surface area contributed by atoms with Gasteiger partial charge in [-0.3, -0.25) is 29.3 Å². The van der Waals surface area contributed by atoms with E-state index in [0.29, 0.717) is 94.3 Å². The van der Waals surface area contributed by atoms with Gasteiger partial charge in [-0.2, -0.15) is 17.5 Å². The van der Waals surface area contributed by atoms with Crippen LogP contribution in [0.3, 0.4) is 0 Å². The fourth-order valence-corrected chi connectivity index (χ4v) is 16.1. The van der Waals surface area contributed by atoms with Crippen LogP contribution in [0.2, 0.25) is 0 Å². The van der Waals surface area contributed by atoms with Crippen LogP contribution in [0.1, 0.15) is 118 Å². The number of hydrogen-bond acceptors (Lipinski definition) is 16. The highest BCUT2D eigenvalue weighted by atomic mass is 32.2. The summed E-state index contributed by atoms with van der Waals surface area (Å²) in [5, 5.41) is 6.71. The predicted octanol–water partition coefficient (Wildman–Crippen LogP) is 7.40. The molecule has 1 aliphatic carbocycles. The normalized spacial score (nSPS) is 24.3. The Morgan fingerprint density at radius 1 is 1.00 bits per heavy atom. The van der Waals surface area contributed by atoms with Gasteiger partial charge in [-0.15, -0.1) is 0 Å². The van der Waals surface area contributed by atoms with Crippen LogP contribution in [0.5, 0.6) is 0 Å². The zero-order chi connectivity index (χ0) is 61.5. The van der Waals surface area contributed by atoms with Crippen molar-refractivity contribution < 1.29 is 50.1 Å². The Hall–Kier alpha value is -4.59. The average Bonchev–Trinajstić information content (AvgIpc) is 1.36. The number of halogens is 3. The summed E-state index contributed by atoms with van der Waals surface area (Å²) >= 11 is 0. The zero-order valence-corrected chi connectivity index (χ0v) is 53.2. The van der Waals surface area contributed by atoms with Crippen LogP contribution in [-0.2, 0) is 51.5 Å². The number of amides is 1. The third-order valence-electron chi connectivity index (χ3n) is 19.6. The first-order valence-corrected chi connectivity index (χ1v) is 33.1. The number of methoxy groups -OCH3 is 1. The van der Waals surface area contributed by atoms with Crippen molar-refractivity contribution in [1.82, 2.24) is 44.3 Å². The number of rotatable bonds is 26. The van der Waals surface area contributed by atoms with Crippen LogP contribution in [0.15, 0.2) is 42.7 Å². The summed E-state index contributed by atoms with van der Waals surface area (Å²) in [5.74, 6) is -0.603. The molecule has 6 unspecified atom stereocenters. The third-order valence-corrected chi connectivity index (χ3v) is 21.2. The highest BCUT2D eigenvalue weighted by Gasteiger charge is 2.57. The zero-order valence-electron chi connectivity index (χ0n) is 52.4. The Kier molecular flexibility index (Phi) is 19.5. The molecule has 2 N–H and O–H groups in total. The maximum Gasteiger partial charge on any atom is 0.511 e. The van der Waals surface area contributed by atoms with Crippen molar-refractivity contribution in [2.75, 3.05) is 128 Å². The maximum atomic E-state index is 15.6. The Morgan fingerprint density at radius 3 is 2.36 bits per heavy atom. The molecule has 6 atom stereocenters. The molecule has 1 amide bonds. The van der Waals surface area contributed by atoms with Gasteiger partial charge >= 0.3 is 15.5 Å². The first-order valence-electron chi connectivity index (χ1n) is 31.7. The molecule has 6 aliphatic heterocycles. The van der Waals surface area contributed by atoms with Gasteiger partial charge in [-0.05, 0) is 114 Å². The van der Waals surface area contributed by atoms with Crippen LogP contribution in [0.4, 0.5) is 24.5 Å². The molecule has 7 aliphatic rings. The Labute approximate surface area is 508 Å². The molecular weight excluding hydrogens is 1130 g/mol. The molecule has 1 saturated carbocycles. The molecule has 2 aromatic heterocycles. The van der Waals surface area contributed by atoms with Crippen molar-refractivity contribution in [3.8, 4) is 11.3 Å². The van der Waals surface area contributed by atoms with E-state index in [9.17, 15) is 26.4 Å². The van der Waals surface area contributed by atoms with E-state index in [-0.39, 0.29) is 42.9 Å². The van der Waals surface area contributed by atoms with E-state index in [1.165, 1.54) is 12.8 Å². The number of nitrogens with zero attached hydrogens (tertiary/aromatic N) is 9. The number of morpholine rings is 1. The Morgan fingerprint density at radius 2 is 1.74 bits per heavy atom. The summed E-state index contributed by atoms with van der Waals surface area (Å²) in [5.41, 5.74) is 4.47. The summed E-state index contributed by atoms with van der Waals surface area (Å²) in [7, 11) is -3.92. The van der Waals surface area contributed by atoms with Crippen LogP contribution in [-0.4, -0.2) is 214 Å². The average molecular weight is 1220 g/mol. The van der Waals surface area contributed by atoms with Gasteiger partial charge in [-0.25, -0.2) is 13.8 Å². The van der Waals surface area contributed by atoms with Gasteiger partial charge < -0.3 is 43.6 Å². The van der Waals surface area contributed by atoms with Gasteiger partial charge in [0.1, 0.15) is 0 Å². The Balaban J connectivity index is 1.02. The largest absolute Gasteiger partial charge is 0.511 e. The molecule has 23 heteroatoms. The lowest BCUT2D eigenvalue weighted by Crippen LogP contribution is -2.75. The number of piperazine rings is 1. The minimum atomic E-state index is -5.65. The number of alkyl halides is 3. The molecule has 0 radical (unpaired) electrons. The smallest absolute Gasteiger partial charge is 0.467 e. The van der Waals surface area contributed by atoms with E-state index in [1.807, 2.05) is 31.9 Å². The lowest BCUT2D eigenvalue weighted by atomic mass is 9.75. The number of aromatic nitrogens is 2. The van der Waals surface area contributed by atoms with Gasteiger partial charge in [0, 0.05) is 142 Å². The fraction of sp³-hybridized carbons (Fsp3) is 0.730. The highest BCUT2D eigenvalue weighted by Crippen LogP contribution is 2.46. The number of hydrazine groups is 1. The minimum absolute atomic E-state index is 0.0120. The van der Waals surface area contributed by atoms with Crippen molar-refractivity contribution >= 4 is 44.7 Å². The monoisotopic (exact) mass is 1220 g/mol. The number of benzene rings is 1. The lowest BCUT2D eigenvalue weighted by molar-refractivity contribution is -0.211. The first kappa shape index (κ1) is 64.4. The van der Waals surface area contributed by atoms with E-state index in [2.05, 4.69) is 85.0 Å². The molecule has 1 spiro atoms. The molecular formula is C63H96F3N11O8S. The van der Waals surface area contributed by atoms with Crippen LogP contribution >= 0.6 is 0 Å². The summed E-state index contributed by atoms with van der Waals surface area (Å²) in [6.45, 7) is 31.3. The second-order valence-electron chi connectivity index (χ2n) is 27.0. The number of pyridine rings is 1. The van der Waals surface area contributed by atoms with Crippen molar-refractivity contribution in [3.63, 3.8) is 0 Å². The maximum absolute atomic E-state index is 15.6. The van der Waals surface area contributed by atoms with Gasteiger partial charge in [0.15, 0.2) is 0 Å². The number of aryl methyl sites for hydroxylation is 1. The molecule has 478 valence electrons. The molecule has 10 rings (SSSR count). The minimum Gasteiger partial charge on any atom is -0.467 e. The van der Waals surface area contributed by atoms with Crippen molar-refractivity contribution in [3.05, 3.63) is 54.0 Å². The second-order valence-corrected chi connectivity index (χ2v) is 29.0. The van der Waals surface area contributed by atoms with Gasteiger partial charge in [0.25, 0.3) is 6.47 Å². The molecule has 3 aromatic rings. The highest BCUT2D eigenvalue weighted by molar-refractivity contribution is 7.90. The van der Waals surface area contributed by atoms with E-state index in [4.69, 9.17) is 30.5 Å². The predicted molar refractivity (Wildman–Crippen MR) is 328 cm³/mol. The topological polar surface area (TPSA) is 170 Å². The number of sulfonamides is 1. The molecule has 0 bridgehead atoms. The molecule has 6 saturated heterocycles. The van der Waals surface area contributed by atoms with Crippen LogP contribution in [0, 0.1) is 16.7 Å². The summed E-state index contributed by atoms with van der Waals surface area (Å²) in [4.78, 5) is 44.4. The molecule has 19 nitrogen and oxygen atoms in total. The quantitative estimate of drug-likeness (QED) is 0.0762. The van der Waals surface area contributed by atoms with E-state index in [1.54, 1.807) is 21.0 Å². The first-order chi connectivity index (χ1) is 41.0. The van der Waals surface area contributed by atoms with Crippen molar-refractivity contribution in [2.24, 2.45) is 16.7 Å². The summed E-state index contributed by atoms with van der Waals surface area (Å²) < 4.78 is 96.2. The second kappa shape index (κ2) is 26.1. The SMILES string of the molecule is C=C(C(NC(=O)C(C(C)C)N1CCCC1(C)CN(CCC)S(=O)(=O)C(F)(F)F)C(C1CN(c2ccc3c(c2)c(CC(C)(C)COC=O)c(-c2cc(N4CCN(C5CC5)CC4)cnc2C(C)OC)n3CC)CCO1)N1CC2(COC2)C1)N1CCCCN1. The summed E-state index contributed by atoms with van der Waals surface area (Å²) in [6.07, 6.45) is 7.51. The number of likely N-dealkylation sites (tertiary alicyclic amines) is 2. The number of carbonyl (C=O) groups is 2. The number of nitrogens with one attached hydrogen (secondary N) is 2. The number of carbonyl (C=O) groups excluding carboxylic acids is 2. The Bertz CT molecular complexity index is 2990. The third kappa shape index (κ3) is 13.2. The number of hydrogen-bond donors (Lipinski definition) is 2. The standard InChI is InChI=1S/C63H96F3N11O8S/c1-11-22-74(86(80,81)63(64,65)66)36-61(9)20-15-23-76(61)56(43(3)4)59(79)69-54(44(5)77-24-14-13-21-68-77)58(73-37-62(38-73)40-83-41-62)53-35-72(29-30-85-53)47-18-19-52-49(31-47)51(33-60(7,8)39-84-42-78)57(75(52)12-2)50-32-48(34-67-55(50)45(6)82-10)71-27-25-70(26-28-71)46-16-17-46/h18-19,31-32,34,42-43,45-46,53-54,56,58,68H,5,11-17,20-30,33,35-41H2,1-4,6-10H3,(H,69,79). The van der Waals surface area contributed by atoms with Gasteiger partial charge in [0.05, 0.1) is 80.0 Å². The van der Waals surface area contributed by atoms with Crippen molar-refractivity contribution in [2.45, 2.75) is 161 Å². The molecule has 8 heterocycles. The van der Waals surface area contributed by atoms with E-state index in [0.717, 1.165) is 103 Å². The van der Waals surface area contributed by atoms with E-state index < -0.39 is 57.3 Å². The molecule has 7 fully saturated rings. The summed E-state index contributed by atoms with van der Waals surface area (Å²) in [6, 6.07) is 7.85. The van der Waals surface area contributed by atoms with E-state index >= 15 is 4.79 Å². The number of fused-ring (bicyclic) bond motifs is 1. The van der Waals surface area contributed by atoms with Crippen LogP contribution in [0.25, 0.3) is 22.2 Å². The fourth-order valence-electron chi connectivity index (χ4n) is 14.9. The number of anilines is 2. The van der Waals surface area contributed by atoms with Crippen LogP contribution < -0.4 is 20.5 Å². The number of ether oxygens (including phenoxy) is 4. The van der Waals surface area contributed by atoms with Gasteiger partial charge in [-0.1, -0.05) is 41.2 Å². The lowest BCUT2D eigenvalue weighted by Gasteiger charge is -2.60. The molecule has 86 heavy (non-hydrogen) atoms.